The summed E-state index contributed by atoms with van der Waals surface area (Å²) in [6.45, 7) is 5.40. The molecule has 1 aliphatic heterocycles. The lowest BCUT2D eigenvalue weighted by molar-refractivity contribution is 0.0728. The van der Waals surface area contributed by atoms with Crippen LogP contribution in [0.15, 0.2) is 54.7 Å². The first-order valence-electron chi connectivity index (χ1n) is 9.13. The number of rotatable bonds is 3. The minimum atomic E-state index is -0.0593. The number of aromatic nitrogens is 2. The molecule has 4 rings (SSSR count). The fraction of sp³-hybridized carbons (Fsp3) is 0.227. The van der Waals surface area contributed by atoms with Crippen molar-refractivity contribution in [2.24, 2.45) is 0 Å². The number of carbonyl (C=O) groups excluding carboxylic acids is 1. The molecule has 5 nitrogen and oxygen atoms in total. The molecule has 27 heavy (non-hydrogen) atoms. The van der Waals surface area contributed by atoms with E-state index in [-0.39, 0.29) is 5.91 Å². The Kier molecular flexibility index (Phi) is 4.59. The van der Waals surface area contributed by atoms with E-state index in [0.717, 1.165) is 23.2 Å². The van der Waals surface area contributed by atoms with Crippen molar-refractivity contribution >= 4 is 17.5 Å². The topological polar surface area (TPSA) is 58.1 Å². The largest absolute Gasteiger partial charge is 0.333 e. The first kappa shape index (κ1) is 17.2. The summed E-state index contributed by atoms with van der Waals surface area (Å²) in [5.74, 6) is 0.378. The summed E-state index contributed by atoms with van der Waals surface area (Å²) in [5.41, 5.74) is 6.15. The van der Waals surface area contributed by atoms with Gasteiger partial charge >= 0.3 is 0 Å². The minimum Gasteiger partial charge on any atom is -0.333 e. The lowest BCUT2D eigenvalue weighted by atomic mass is 10.00. The maximum atomic E-state index is 12.9. The van der Waals surface area contributed by atoms with Gasteiger partial charge in [0.25, 0.3) is 5.91 Å². The van der Waals surface area contributed by atoms with Gasteiger partial charge in [0, 0.05) is 25.0 Å². The fourth-order valence-electron chi connectivity index (χ4n) is 3.36. The Balaban J connectivity index is 1.54. The molecule has 0 atom stereocenters. The predicted octanol–water partition coefficient (Wildman–Crippen LogP) is 4.04. The zero-order valence-corrected chi connectivity index (χ0v) is 15.6. The summed E-state index contributed by atoms with van der Waals surface area (Å²) in [4.78, 5) is 23.5. The van der Waals surface area contributed by atoms with E-state index < -0.39 is 0 Å². The second kappa shape index (κ2) is 7.19. The van der Waals surface area contributed by atoms with Gasteiger partial charge in [0.05, 0.1) is 0 Å². The second-order valence-electron chi connectivity index (χ2n) is 6.95. The van der Waals surface area contributed by atoms with Crippen LogP contribution in [0.4, 0.5) is 11.6 Å². The van der Waals surface area contributed by atoms with Crippen LogP contribution in [-0.2, 0) is 13.0 Å². The number of nitrogens with one attached hydrogen (secondary N) is 1. The SMILES string of the molecule is Cc1ccc(C)c(Nc2nccc(C(=O)N3CCc4ccccc4C3)n2)c1. The third kappa shape index (κ3) is 3.67. The molecule has 1 aromatic heterocycles. The normalized spacial score (nSPS) is 13.2. The molecule has 0 fully saturated rings. The maximum absolute atomic E-state index is 12.9. The number of benzene rings is 2. The standard InChI is InChI=1S/C22H22N4O/c1-15-7-8-16(2)20(13-15)25-22-23-11-9-19(24-22)21(27)26-12-10-17-5-3-4-6-18(17)14-26/h3-9,11,13H,10,12,14H2,1-2H3,(H,23,24,25). The lowest BCUT2D eigenvalue weighted by Gasteiger charge is -2.28. The second-order valence-corrected chi connectivity index (χ2v) is 6.95. The first-order chi connectivity index (χ1) is 13.1. The van der Waals surface area contributed by atoms with Crippen LogP contribution in [0, 0.1) is 13.8 Å². The zero-order valence-electron chi connectivity index (χ0n) is 15.6. The van der Waals surface area contributed by atoms with Crippen molar-refractivity contribution in [2.75, 3.05) is 11.9 Å². The molecule has 2 aromatic carbocycles. The lowest BCUT2D eigenvalue weighted by Crippen LogP contribution is -2.36. The van der Waals surface area contributed by atoms with Crippen molar-refractivity contribution in [3.05, 3.63) is 82.7 Å². The molecule has 1 N–H and O–H groups in total. The molecular weight excluding hydrogens is 336 g/mol. The summed E-state index contributed by atoms with van der Waals surface area (Å²) in [5, 5.41) is 3.23. The molecule has 0 spiro atoms. The number of fused-ring (bicyclic) bond motifs is 1. The van der Waals surface area contributed by atoms with E-state index in [0.29, 0.717) is 24.7 Å². The van der Waals surface area contributed by atoms with Gasteiger partial charge in [-0.1, -0.05) is 36.4 Å². The van der Waals surface area contributed by atoms with E-state index in [2.05, 4.69) is 45.6 Å². The molecule has 5 heteroatoms. The Hall–Kier alpha value is -3.21. The van der Waals surface area contributed by atoms with Gasteiger partial charge in [-0.2, -0.15) is 0 Å². The van der Waals surface area contributed by atoms with Crippen molar-refractivity contribution in [1.82, 2.24) is 14.9 Å². The molecule has 0 saturated heterocycles. The molecule has 0 aliphatic carbocycles. The van der Waals surface area contributed by atoms with Crippen LogP contribution >= 0.6 is 0 Å². The monoisotopic (exact) mass is 358 g/mol. The average molecular weight is 358 g/mol. The number of carbonyl (C=O) groups is 1. The Morgan fingerprint density at radius 3 is 2.74 bits per heavy atom. The Morgan fingerprint density at radius 1 is 1.07 bits per heavy atom. The van der Waals surface area contributed by atoms with Crippen LogP contribution in [0.2, 0.25) is 0 Å². The summed E-state index contributed by atoms with van der Waals surface area (Å²) in [7, 11) is 0. The van der Waals surface area contributed by atoms with Gasteiger partial charge in [-0.3, -0.25) is 4.79 Å². The third-order valence-corrected chi connectivity index (χ3v) is 4.93. The molecule has 2 heterocycles. The van der Waals surface area contributed by atoms with Crippen molar-refractivity contribution in [3.8, 4) is 0 Å². The van der Waals surface area contributed by atoms with Crippen molar-refractivity contribution in [2.45, 2.75) is 26.8 Å². The van der Waals surface area contributed by atoms with Gasteiger partial charge in [-0.25, -0.2) is 9.97 Å². The van der Waals surface area contributed by atoms with Gasteiger partial charge in [-0.05, 0) is 54.7 Å². The minimum absolute atomic E-state index is 0.0593. The Bertz CT molecular complexity index is 999. The number of anilines is 2. The highest BCUT2D eigenvalue weighted by Gasteiger charge is 2.22. The molecule has 136 valence electrons. The molecule has 0 radical (unpaired) electrons. The van der Waals surface area contributed by atoms with E-state index in [1.807, 2.05) is 30.9 Å². The number of aryl methyl sites for hydroxylation is 2. The van der Waals surface area contributed by atoms with E-state index in [4.69, 9.17) is 0 Å². The quantitative estimate of drug-likeness (QED) is 0.768. The predicted molar refractivity (Wildman–Crippen MR) is 106 cm³/mol. The smallest absolute Gasteiger partial charge is 0.272 e. The van der Waals surface area contributed by atoms with Crippen LogP contribution < -0.4 is 5.32 Å². The van der Waals surface area contributed by atoms with Gasteiger partial charge in [-0.15, -0.1) is 0 Å². The van der Waals surface area contributed by atoms with Crippen LogP contribution in [0.5, 0.6) is 0 Å². The first-order valence-corrected chi connectivity index (χ1v) is 9.13. The van der Waals surface area contributed by atoms with E-state index in [1.54, 1.807) is 12.3 Å². The number of hydrogen-bond acceptors (Lipinski definition) is 4. The van der Waals surface area contributed by atoms with Gasteiger partial charge < -0.3 is 10.2 Å². The maximum Gasteiger partial charge on any atom is 0.272 e. The molecular formula is C22H22N4O. The zero-order chi connectivity index (χ0) is 18.8. The van der Waals surface area contributed by atoms with Crippen LogP contribution in [0.1, 0.15) is 32.7 Å². The van der Waals surface area contributed by atoms with E-state index in [9.17, 15) is 4.79 Å². The Labute approximate surface area is 159 Å². The van der Waals surface area contributed by atoms with Crippen molar-refractivity contribution in [1.29, 1.82) is 0 Å². The van der Waals surface area contributed by atoms with Crippen LogP contribution in [-0.4, -0.2) is 27.3 Å². The summed E-state index contributed by atoms with van der Waals surface area (Å²) in [6.07, 6.45) is 2.51. The molecule has 3 aromatic rings. The van der Waals surface area contributed by atoms with Crippen LogP contribution in [0.25, 0.3) is 0 Å². The average Bonchev–Trinajstić information content (AvgIpc) is 2.70. The molecule has 0 unspecified atom stereocenters. The summed E-state index contributed by atoms with van der Waals surface area (Å²) in [6, 6.07) is 16.1. The highest BCUT2D eigenvalue weighted by molar-refractivity contribution is 5.92. The highest BCUT2D eigenvalue weighted by Crippen LogP contribution is 2.22. The fourth-order valence-corrected chi connectivity index (χ4v) is 3.36. The molecule has 0 saturated carbocycles. The Morgan fingerprint density at radius 2 is 1.89 bits per heavy atom. The van der Waals surface area contributed by atoms with Crippen LogP contribution in [0.3, 0.4) is 0 Å². The summed E-state index contributed by atoms with van der Waals surface area (Å²) < 4.78 is 0. The van der Waals surface area contributed by atoms with Gasteiger partial charge in [0.2, 0.25) is 5.95 Å². The van der Waals surface area contributed by atoms with E-state index >= 15 is 0 Å². The number of amides is 1. The van der Waals surface area contributed by atoms with E-state index in [1.165, 1.54) is 11.1 Å². The van der Waals surface area contributed by atoms with Gasteiger partial charge in [0.1, 0.15) is 5.69 Å². The molecule has 1 amide bonds. The molecule has 1 aliphatic rings. The van der Waals surface area contributed by atoms with Crippen molar-refractivity contribution < 1.29 is 4.79 Å². The highest BCUT2D eigenvalue weighted by atomic mass is 16.2. The third-order valence-electron chi connectivity index (χ3n) is 4.93. The van der Waals surface area contributed by atoms with Gasteiger partial charge in [0.15, 0.2) is 0 Å². The number of hydrogen-bond donors (Lipinski definition) is 1. The van der Waals surface area contributed by atoms with Crippen molar-refractivity contribution in [3.63, 3.8) is 0 Å². The molecule has 0 bridgehead atoms. The number of nitrogens with zero attached hydrogens (tertiary/aromatic N) is 3. The summed E-state index contributed by atoms with van der Waals surface area (Å²) >= 11 is 0.